The smallest absolute Gasteiger partial charge is 0.237 e. The summed E-state index contributed by atoms with van der Waals surface area (Å²) in [7, 11) is 0. The molecule has 2 aliphatic rings. The molecule has 0 saturated heterocycles. The van der Waals surface area contributed by atoms with Crippen LogP contribution in [0, 0.1) is 41.4 Å². The molecule has 2 atom stereocenters. The third-order valence-corrected chi connectivity index (χ3v) is 3.73. The molecule has 0 bridgehead atoms. The van der Waals surface area contributed by atoms with Gasteiger partial charge in [0.25, 0.3) is 0 Å². The van der Waals surface area contributed by atoms with Gasteiger partial charge in [0.15, 0.2) is 0 Å². The van der Waals surface area contributed by atoms with Crippen molar-refractivity contribution in [2.75, 3.05) is 5.32 Å². The topological polar surface area (TPSA) is 76.7 Å². The fourth-order valence-corrected chi connectivity index (χ4v) is 2.82. The zero-order chi connectivity index (χ0) is 12.2. The standard InChI is InChI=1S/C13H9N3O/c1-7-2-3-11-8(4-7)13(12(17)16-11)9(5-14)10(13)6-15/h2-4,9-10H,1H3,(H,16,17). The van der Waals surface area contributed by atoms with E-state index in [1.54, 1.807) is 0 Å². The molecule has 1 aromatic carbocycles. The molecule has 1 spiro atoms. The summed E-state index contributed by atoms with van der Waals surface area (Å²) in [5.74, 6) is -1.25. The Bertz CT molecular complexity index is 601. The molecule has 1 amide bonds. The van der Waals surface area contributed by atoms with Gasteiger partial charge in [-0.05, 0) is 18.6 Å². The number of amides is 1. The van der Waals surface area contributed by atoms with E-state index in [9.17, 15) is 4.79 Å². The Balaban J connectivity index is 2.23. The number of hydrogen-bond acceptors (Lipinski definition) is 3. The summed E-state index contributed by atoms with van der Waals surface area (Å²) in [4.78, 5) is 12.1. The molecule has 0 aromatic heterocycles. The van der Waals surface area contributed by atoms with Gasteiger partial charge in [0.05, 0.1) is 24.0 Å². The molecular weight excluding hydrogens is 214 g/mol. The van der Waals surface area contributed by atoms with Gasteiger partial charge >= 0.3 is 0 Å². The van der Waals surface area contributed by atoms with Crippen molar-refractivity contribution >= 4 is 11.6 Å². The number of aryl methyl sites for hydroxylation is 1. The van der Waals surface area contributed by atoms with Crippen LogP contribution in [0.1, 0.15) is 11.1 Å². The molecule has 2 unspecified atom stereocenters. The van der Waals surface area contributed by atoms with E-state index >= 15 is 0 Å². The first-order valence-electron chi connectivity index (χ1n) is 5.38. The number of anilines is 1. The van der Waals surface area contributed by atoms with E-state index in [1.807, 2.05) is 25.1 Å². The minimum Gasteiger partial charge on any atom is -0.325 e. The number of hydrogen-bond donors (Lipinski definition) is 1. The van der Waals surface area contributed by atoms with E-state index in [0.717, 1.165) is 16.8 Å². The maximum atomic E-state index is 12.1. The molecule has 1 N–H and O–H groups in total. The van der Waals surface area contributed by atoms with Crippen LogP contribution in [0.2, 0.25) is 0 Å². The second-order valence-corrected chi connectivity index (χ2v) is 4.59. The number of nitrogens with one attached hydrogen (secondary N) is 1. The van der Waals surface area contributed by atoms with Gasteiger partial charge in [0.1, 0.15) is 5.41 Å². The second kappa shape index (κ2) is 2.87. The maximum absolute atomic E-state index is 12.1. The summed E-state index contributed by atoms with van der Waals surface area (Å²) in [6.45, 7) is 1.93. The number of carbonyl (C=O) groups excluding carboxylic acids is 1. The third kappa shape index (κ3) is 0.933. The van der Waals surface area contributed by atoms with Crippen molar-refractivity contribution in [1.82, 2.24) is 0 Å². The SMILES string of the molecule is Cc1ccc2c(c1)C1(C(=O)N2)C(C#N)C1C#N. The van der Waals surface area contributed by atoms with E-state index in [4.69, 9.17) is 10.5 Å². The van der Waals surface area contributed by atoms with Crippen LogP contribution >= 0.6 is 0 Å². The molecule has 4 nitrogen and oxygen atoms in total. The van der Waals surface area contributed by atoms with Gasteiger partial charge in [-0.3, -0.25) is 4.79 Å². The summed E-state index contributed by atoms with van der Waals surface area (Å²) < 4.78 is 0. The fourth-order valence-electron chi connectivity index (χ4n) is 2.82. The largest absolute Gasteiger partial charge is 0.325 e. The van der Waals surface area contributed by atoms with Crippen molar-refractivity contribution in [1.29, 1.82) is 10.5 Å². The lowest BCUT2D eigenvalue weighted by Crippen LogP contribution is -2.22. The highest BCUT2D eigenvalue weighted by Crippen LogP contribution is 2.64. The Morgan fingerprint density at radius 3 is 2.53 bits per heavy atom. The van der Waals surface area contributed by atoms with Crippen LogP contribution in [0.15, 0.2) is 18.2 Å². The first-order chi connectivity index (χ1) is 8.16. The highest BCUT2D eigenvalue weighted by Gasteiger charge is 2.74. The van der Waals surface area contributed by atoms with E-state index in [2.05, 4.69) is 17.5 Å². The van der Waals surface area contributed by atoms with Crippen molar-refractivity contribution in [2.24, 2.45) is 11.8 Å². The van der Waals surface area contributed by atoms with Crippen LogP contribution in [0.3, 0.4) is 0 Å². The highest BCUT2D eigenvalue weighted by molar-refractivity contribution is 6.10. The predicted molar refractivity (Wildman–Crippen MR) is 59.7 cm³/mol. The Morgan fingerprint density at radius 1 is 1.29 bits per heavy atom. The summed E-state index contributed by atoms with van der Waals surface area (Å²) in [5, 5.41) is 20.9. The predicted octanol–water partition coefficient (Wildman–Crippen LogP) is 1.48. The van der Waals surface area contributed by atoms with E-state index < -0.39 is 17.3 Å². The van der Waals surface area contributed by atoms with Crippen LogP contribution in [0.5, 0.6) is 0 Å². The van der Waals surface area contributed by atoms with Gasteiger partial charge in [0.2, 0.25) is 5.91 Å². The molecule has 0 radical (unpaired) electrons. The first kappa shape index (κ1) is 9.86. The quantitative estimate of drug-likeness (QED) is 0.723. The second-order valence-electron chi connectivity index (χ2n) is 4.59. The molecule has 1 fully saturated rings. The highest BCUT2D eigenvalue weighted by atomic mass is 16.2. The molecular formula is C13H9N3O. The number of nitriles is 2. The first-order valence-corrected chi connectivity index (χ1v) is 5.38. The summed E-state index contributed by atoms with van der Waals surface area (Å²) in [6, 6.07) is 9.80. The minimum atomic E-state index is -0.912. The van der Waals surface area contributed by atoms with Gasteiger partial charge in [-0.15, -0.1) is 0 Å². The lowest BCUT2D eigenvalue weighted by atomic mass is 9.92. The van der Waals surface area contributed by atoms with Gasteiger partial charge < -0.3 is 5.32 Å². The molecule has 4 heteroatoms. The van der Waals surface area contributed by atoms with E-state index in [-0.39, 0.29) is 5.91 Å². The molecule has 3 rings (SSSR count). The Morgan fingerprint density at radius 2 is 1.94 bits per heavy atom. The molecule has 17 heavy (non-hydrogen) atoms. The van der Waals surface area contributed by atoms with Gasteiger partial charge in [-0.1, -0.05) is 17.7 Å². The van der Waals surface area contributed by atoms with Crippen molar-refractivity contribution in [3.63, 3.8) is 0 Å². The average Bonchev–Trinajstić information content (AvgIpc) is 2.91. The van der Waals surface area contributed by atoms with Crippen molar-refractivity contribution in [3.8, 4) is 12.1 Å². The molecule has 1 aromatic rings. The number of benzene rings is 1. The summed E-state index contributed by atoms with van der Waals surface area (Å²) >= 11 is 0. The van der Waals surface area contributed by atoms with Crippen LogP contribution in [0.25, 0.3) is 0 Å². The molecule has 1 aliphatic heterocycles. The Kier molecular flexibility index (Phi) is 1.66. The van der Waals surface area contributed by atoms with Gasteiger partial charge in [-0.2, -0.15) is 10.5 Å². The van der Waals surface area contributed by atoms with Crippen LogP contribution in [-0.2, 0) is 10.2 Å². The summed E-state index contributed by atoms with van der Waals surface area (Å²) in [6.07, 6.45) is 0. The Hall–Kier alpha value is -2.33. The number of rotatable bonds is 0. The minimum absolute atomic E-state index is 0.212. The van der Waals surface area contributed by atoms with Crippen molar-refractivity contribution in [2.45, 2.75) is 12.3 Å². The zero-order valence-electron chi connectivity index (χ0n) is 9.19. The summed E-state index contributed by atoms with van der Waals surface area (Å²) in [5.41, 5.74) is 1.66. The third-order valence-electron chi connectivity index (χ3n) is 3.73. The van der Waals surface area contributed by atoms with Gasteiger partial charge in [-0.25, -0.2) is 0 Å². The van der Waals surface area contributed by atoms with Crippen molar-refractivity contribution < 1.29 is 4.79 Å². The zero-order valence-corrected chi connectivity index (χ0v) is 9.19. The monoisotopic (exact) mass is 223 g/mol. The van der Waals surface area contributed by atoms with Gasteiger partial charge in [0, 0.05) is 5.69 Å². The molecule has 82 valence electrons. The van der Waals surface area contributed by atoms with Crippen LogP contribution < -0.4 is 5.32 Å². The number of nitrogens with zero attached hydrogens (tertiary/aromatic N) is 2. The maximum Gasteiger partial charge on any atom is 0.237 e. The number of fused-ring (bicyclic) bond motifs is 2. The molecule has 1 saturated carbocycles. The fraction of sp³-hybridized carbons (Fsp3) is 0.308. The average molecular weight is 223 g/mol. The van der Waals surface area contributed by atoms with Crippen LogP contribution in [-0.4, -0.2) is 5.91 Å². The lowest BCUT2D eigenvalue weighted by Gasteiger charge is -2.05. The normalized spacial score (nSPS) is 32.5. The Labute approximate surface area is 98.5 Å². The lowest BCUT2D eigenvalue weighted by molar-refractivity contribution is -0.118. The van der Waals surface area contributed by atoms with E-state index in [1.165, 1.54) is 0 Å². The number of carbonyl (C=O) groups is 1. The van der Waals surface area contributed by atoms with Crippen LogP contribution in [0.4, 0.5) is 5.69 Å². The van der Waals surface area contributed by atoms with E-state index in [0.29, 0.717) is 0 Å². The molecule has 1 heterocycles. The van der Waals surface area contributed by atoms with Crippen molar-refractivity contribution in [3.05, 3.63) is 29.3 Å². The molecule has 1 aliphatic carbocycles.